The summed E-state index contributed by atoms with van der Waals surface area (Å²) in [6, 6.07) is 3.94. The lowest BCUT2D eigenvalue weighted by Crippen LogP contribution is -2.11. The molecule has 0 aliphatic rings. The molecule has 1 rings (SSSR count). The SMILES string of the molecule is Cc1cc(C)c(NCCCC(F)(F)F)c(Br)c1. The molecule has 5 heteroatoms. The number of rotatable bonds is 4. The molecule has 0 unspecified atom stereocenters. The van der Waals surface area contributed by atoms with Gasteiger partial charge in [0.15, 0.2) is 0 Å². The third-order valence-electron chi connectivity index (χ3n) is 2.37. The van der Waals surface area contributed by atoms with E-state index in [-0.39, 0.29) is 6.42 Å². The highest BCUT2D eigenvalue weighted by molar-refractivity contribution is 9.10. The Hall–Kier alpha value is -0.710. The second kappa shape index (κ2) is 5.76. The molecule has 1 aromatic carbocycles. The lowest BCUT2D eigenvalue weighted by molar-refractivity contribution is -0.134. The number of aryl methyl sites for hydroxylation is 2. The third kappa shape index (κ3) is 4.98. The first kappa shape index (κ1) is 14.4. The van der Waals surface area contributed by atoms with Crippen molar-refractivity contribution in [2.24, 2.45) is 0 Å². The van der Waals surface area contributed by atoms with Gasteiger partial charge in [-0.05, 0) is 53.4 Å². The normalized spacial score (nSPS) is 11.6. The van der Waals surface area contributed by atoms with E-state index in [1.165, 1.54) is 0 Å². The largest absolute Gasteiger partial charge is 0.389 e. The van der Waals surface area contributed by atoms with Gasteiger partial charge in [-0.2, -0.15) is 13.2 Å². The molecule has 0 aromatic heterocycles. The maximum absolute atomic E-state index is 12.0. The number of nitrogens with one attached hydrogen (secondary N) is 1. The van der Waals surface area contributed by atoms with E-state index >= 15 is 0 Å². The van der Waals surface area contributed by atoms with Crippen molar-refractivity contribution >= 4 is 21.6 Å². The third-order valence-corrected chi connectivity index (χ3v) is 3.00. The Morgan fingerprint density at radius 1 is 1.24 bits per heavy atom. The van der Waals surface area contributed by atoms with Crippen LogP contribution in [0.1, 0.15) is 24.0 Å². The zero-order chi connectivity index (χ0) is 13.1. The molecule has 0 radical (unpaired) electrons. The van der Waals surface area contributed by atoms with Gasteiger partial charge >= 0.3 is 6.18 Å². The van der Waals surface area contributed by atoms with Crippen molar-refractivity contribution in [1.82, 2.24) is 0 Å². The van der Waals surface area contributed by atoms with Gasteiger partial charge in [0.1, 0.15) is 0 Å². The van der Waals surface area contributed by atoms with Gasteiger partial charge in [-0.25, -0.2) is 0 Å². The number of anilines is 1. The molecule has 0 atom stereocenters. The Kier molecular flexibility index (Phi) is 4.86. The fourth-order valence-electron chi connectivity index (χ4n) is 1.64. The predicted octanol–water partition coefficient (Wildman–Crippen LogP) is 4.82. The van der Waals surface area contributed by atoms with Crippen LogP contribution in [0.25, 0.3) is 0 Å². The first-order valence-electron chi connectivity index (χ1n) is 5.37. The minimum Gasteiger partial charge on any atom is -0.384 e. The number of alkyl halides is 3. The van der Waals surface area contributed by atoms with E-state index in [0.717, 1.165) is 21.3 Å². The van der Waals surface area contributed by atoms with Gasteiger partial charge in [0.05, 0.1) is 5.69 Å². The van der Waals surface area contributed by atoms with Gasteiger partial charge in [-0.15, -0.1) is 0 Å². The molecule has 0 saturated carbocycles. The first-order chi connectivity index (χ1) is 7.79. The van der Waals surface area contributed by atoms with Gasteiger partial charge in [-0.3, -0.25) is 0 Å². The van der Waals surface area contributed by atoms with Crippen LogP contribution < -0.4 is 5.32 Å². The molecular weight excluding hydrogens is 295 g/mol. The summed E-state index contributed by atoms with van der Waals surface area (Å²) < 4.78 is 36.8. The Morgan fingerprint density at radius 2 is 1.88 bits per heavy atom. The Morgan fingerprint density at radius 3 is 2.41 bits per heavy atom. The standard InChI is InChI=1S/C12H15BrF3N/c1-8-6-9(2)11(10(13)7-8)17-5-3-4-12(14,15)16/h6-7,17H,3-5H2,1-2H3. The molecule has 0 saturated heterocycles. The summed E-state index contributed by atoms with van der Waals surface area (Å²) in [4.78, 5) is 0. The van der Waals surface area contributed by atoms with Gasteiger partial charge < -0.3 is 5.32 Å². The molecule has 0 aliphatic carbocycles. The Balaban J connectivity index is 2.53. The van der Waals surface area contributed by atoms with Gasteiger partial charge in [0, 0.05) is 17.4 Å². The molecule has 1 aromatic rings. The number of benzene rings is 1. The molecule has 0 fully saturated rings. The quantitative estimate of drug-likeness (QED) is 0.786. The van der Waals surface area contributed by atoms with E-state index in [1.807, 2.05) is 26.0 Å². The highest BCUT2D eigenvalue weighted by atomic mass is 79.9. The van der Waals surface area contributed by atoms with Crippen molar-refractivity contribution in [3.63, 3.8) is 0 Å². The zero-order valence-corrected chi connectivity index (χ0v) is 11.4. The summed E-state index contributed by atoms with van der Waals surface area (Å²) in [7, 11) is 0. The summed E-state index contributed by atoms with van der Waals surface area (Å²) in [5.41, 5.74) is 3.02. The van der Waals surface area contributed by atoms with Crippen molar-refractivity contribution in [3.05, 3.63) is 27.7 Å². The van der Waals surface area contributed by atoms with E-state index in [2.05, 4.69) is 21.2 Å². The molecule has 96 valence electrons. The van der Waals surface area contributed by atoms with Gasteiger partial charge in [-0.1, -0.05) is 6.07 Å². The molecule has 0 amide bonds. The number of hydrogen-bond acceptors (Lipinski definition) is 1. The zero-order valence-electron chi connectivity index (χ0n) is 9.79. The predicted molar refractivity (Wildman–Crippen MR) is 67.4 cm³/mol. The average molecular weight is 310 g/mol. The Bertz CT molecular complexity index is 365. The maximum atomic E-state index is 12.0. The minimum absolute atomic E-state index is 0.0866. The van der Waals surface area contributed by atoms with Crippen molar-refractivity contribution in [2.45, 2.75) is 32.9 Å². The van der Waals surface area contributed by atoms with Crippen LogP contribution in [0.5, 0.6) is 0 Å². The van der Waals surface area contributed by atoms with E-state index in [9.17, 15) is 13.2 Å². The summed E-state index contributed by atoms with van der Waals surface area (Å²) >= 11 is 3.40. The van der Waals surface area contributed by atoms with Crippen LogP contribution >= 0.6 is 15.9 Å². The molecular formula is C12H15BrF3N. The topological polar surface area (TPSA) is 12.0 Å². The van der Waals surface area contributed by atoms with Crippen LogP contribution in [-0.4, -0.2) is 12.7 Å². The van der Waals surface area contributed by atoms with Crippen LogP contribution in [0, 0.1) is 13.8 Å². The number of halogens is 4. The second-order valence-electron chi connectivity index (χ2n) is 4.08. The fraction of sp³-hybridized carbons (Fsp3) is 0.500. The summed E-state index contributed by atoms with van der Waals surface area (Å²) in [5.74, 6) is 0. The van der Waals surface area contributed by atoms with E-state index in [0.29, 0.717) is 6.54 Å². The molecule has 0 bridgehead atoms. The summed E-state index contributed by atoms with van der Waals surface area (Å²) in [5, 5.41) is 3.03. The minimum atomic E-state index is -4.07. The van der Waals surface area contributed by atoms with E-state index < -0.39 is 12.6 Å². The lowest BCUT2D eigenvalue weighted by atomic mass is 10.1. The van der Waals surface area contributed by atoms with Crippen LogP contribution in [0.4, 0.5) is 18.9 Å². The second-order valence-corrected chi connectivity index (χ2v) is 4.94. The van der Waals surface area contributed by atoms with Crippen molar-refractivity contribution in [2.75, 3.05) is 11.9 Å². The highest BCUT2D eigenvalue weighted by Gasteiger charge is 2.25. The fourth-order valence-corrected chi connectivity index (χ4v) is 2.46. The van der Waals surface area contributed by atoms with Crippen molar-refractivity contribution < 1.29 is 13.2 Å². The van der Waals surface area contributed by atoms with Gasteiger partial charge in [0.25, 0.3) is 0 Å². The van der Waals surface area contributed by atoms with Crippen LogP contribution in [0.2, 0.25) is 0 Å². The molecule has 17 heavy (non-hydrogen) atoms. The molecule has 0 aliphatic heterocycles. The van der Waals surface area contributed by atoms with Crippen LogP contribution in [-0.2, 0) is 0 Å². The van der Waals surface area contributed by atoms with Crippen molar-refractivity contribution in [1.29, 1.82) is 0 Å². The molecule has 0 spiro atoms. The average Bonchev–Trinajstić information content (AvgIpc) is 2.13. The smallest absolute Gasteiger partial charge is 0.384 e. The summed E-state index contributed by atoms with van der Waals surface area (Å²) in [6.45, 7) is 4.23. The Labute approximate surface area is 108 Å². The first-order valence-corrected chi connectivity index (χ1v) is 6.16. The molecule has 1 N–H and O–H groups in total. The maximum Gasteiger partial charge on any atom is 0.389 e. The molecule has 0 heterocycles. The molecule has 1 nitrogen and oxygen atoms in total. The van der Waals surface area contributed by atoms with E-state index in [4.69, 9.17) is 0 Å². The summed E-state index contributed by atoms with van der Waals surface area (Å²) in [6.07, 6.45) is -4.73. The van der Waals surface area contributed by atoms with E-state index in [1.54, 1.807) is 0 Å². The van der Waals surface area contributed by atoms with Crippen LogP contribution in [0.3, 0.4) is 0 Å². The van der Waals surface area contributed by atoms with Gasteiger partial charge in [0.2, 0.25) is 0 Å². The lowest BCUT2D eigenvalue weighted by Gasteiger charge is -2.13. The van der Waals surface area contributed by atoms with Crippen LogP contribution in [0.15, 0.2) is 16.6 Å². The highest BCUT2D eigenvalue weighted by Crippen LogP contribution is 2.28. The van der Waals surface area contributed by atoms with Crippen molar-refractivity contribution in [3.8, 4) is 0 Å². The monoisotopic (exact) mass is 309 g/mol. The number of hydrogen-bond donors (Lipinski definition) is 1.